The topological polar surface area (TPSA) is 44.3 Å². The van der Waals surface area contributed by atoms with E-state index in [2.05, 4.69) is 45.3 Å². The van der Waals surface area contributed by atoms with Crippen LogP contribution in [0.4, 0.5) is 0 Å². The van der Waals surface area contributed by atoms with Crippen LogP contribution in [-0.2, 0) is 0 Å². The molecule has 0 heterocycles. The molecule has 0 saturated heterocycles. The normalized spacial score (nSPS) is 25.3. The van der Waals surface area contributed by atoms with Gasteiger partial charge < -0.3 is 15.7 Å². The summed E-state index contributed by atoms with van der Waals surface area (Å²) in [5, 5.41) is 16.7. The first-order valence-electron chi connectivity index (χ1n) is 8.89. The Hall–Kier alpha value is -0.120. The highest BCUT2D eigenvalue weighted by Gasteiger charge is 2.24. The van der Waals surface area contributed by atoms with E-state index >= 15 is 0 Å². The summed E-state index contributed by atoms with van der Waals surface area (Å²) >= 11 is 0. The quantitative estimate of drug-likeness (QED) is 0.603. The monoisotopic (exact) mass is 298 g/mol. The first-order valence-corrected chi connectivity index (χ1v) is 8.89. The fourth-order valence-electron chi connectivity index (χ4n) is 3.20. The minimum absolute atomic E-state index is 0.200. The summed E-state index contributed by atoms with van der Waals surface area (Å²) < 4.78 is 0. The molecule has 1 atom stereocenters. The third-order valence-electron chi connectivity index (χ3n) is 4.85. The lowest BCUT2D eigenvalue weighted by molar-refractivity contribution is 0.189. The maximum Gasteiger partial charge on any atom is 0.0597 e. The Morgan fingerprint density at radius 3 is 2.19 bits per heavy atom. The molecular formula is C18H38N2O. The maximum atomic E-state index is 9.55. The van der Waals surface area contributed by atoms with Gasteiger partial charge in [0.15, 0.2) is 0 Å². The van der Waals surface area contributed by atoms with E-state index in [-0.39, 0.29) is 12.6 Å². The average Bonchev–Trinajstić information content (AvgIpc) is 2.41. The van der Waals surface area contributed by atoms with Crippen LogP contribution in [0.25, 0.3) is 0 Å². The van der Waals surface area contributed by atoms with Crippen molar-refractivity contribution in [3.05, 3.63) is 0 Å². The fourth-order valence-corrected chi connectivity index (χ4v) is 3.20. The highest BCUT2D eigenvalue weighted by molar-refractivity contribution is 4.82. The smallest absolute Gasteiger partial charge is 0.0597 e. The van der Waals surface area contributed by atoms with E-state index in [1.807, 2.05) is 0 Å². The summed E-state index contributed by atoms with van der Waals surface area (Å²) in [5.41, 5.74) is 0.379. The van der Waals surface area contributed by atoms with Crippen molar-refractivity contribution in [2.24, 2.45) is 17.3 Å². The summed E-state index contributed by atoms with van der Waals surface area (Å²) in [6.07, 6.45) is 6.38. The van der Waals surface area contributed by atoms with Crippen molar-refractivity contribution in [3.8, 4) is 0 Å². The molecule has 0 spiro atoms. The first-order chi connectivity index (χ1) is 9.81. The Morgan fingerprint density at radius 2 is 1.71 bits per heavy atom. The van der Waals surface area contributed by atoms with E-state index in [4.69, 9.17) is 0 Å². The second-order valence-electron chi connectivity index (χ2n) is 8.42. The van der Waals surface area contributed by atoms with Crippen LogP contribution in [0.1, 0.15) is 66.7 Å². The van der Waals surface area contributed by atoms with Crippen molar-refractivity contribution in [1.82, 2.24) is 10.6 Å². The van der Waals surface area contributed by atoms with Gasteiger partial charge in [-0.3, -0.25) is 0 Å². The zero-order valence-electron chi connectivity index (χ0n) is 14.9. The van der Waals surface area contributed by atoms with Crippen molar-refractivity contribution in [2.45, 2.75) is 78.8 Å². The highest BCUT2D eigenvalue weighted by Crippen LogP contribution is 2.29. The largest absolute Gasteiger partial charge is 0.395 e. The molecule has 1 aliphatic carbocycles. The van der Waals surface area contributed by atoms with E-state index in [9.17, 15) is 5.11 Å². The predicted molar refractivity (Wildman–Crippen MR) is 91.5 cm³/mol. The van der Waals surface area contributed by atoms with Crippen LogP contribution in [-0.4, -0.2) is 36.9 Å². The Balaban J connectivity index is 2.19. The Bertz CT molecular complexity index is 265. The molecule has 0 aromatic carbocycles. The van der Waals surface area contributed by atoms with Crippen LogP contribution in [0, 0.1) is 17.3 Å². The van der Waals surface area contributed by atoms with Crippen LogP contribution in [0.15, 0.2) is 0 Å². The molecule has 1 aliphatic rings. The number of hydrogen-bond acceptors (Lipinski definition) is 3. The molecule has 0 unspecified atom stereocenters. The van der Waals surface area contributed by atoms with Crippen LogP contribution in [0.2, 0.25) is 0 Å². The Kier molecular flexibility index (Phi) is 8.22. The van der Waals surface area contributed by atoms with Gasteiger partial charge >= 0.3 is 0 Å². The van der Waals surface area contributed by atoms with Gasteiger partial charge in [0.1, 0.15) is 0 Å². The predicted octanol–water partition coefficient (Wildman–Crippen LogP) is 3.18. The molecular weight excluding hydrogens is 260 g/mol. The molecule has 1 saturated carbocycles. The highest BCUT2D eigenvalue weighted by atomic mass is 16.3. The van der Waals surface area contributed by atoms with Crippen LogP contribution in [0.3, 0.4) is 0 Å². The molecule has 1 rings (SSSR count). The Morgan fingerprint density at radius 1 is 1.10 bits per heavy atom. The molecule has 0 amide bonds. The molecule has 126 valence electrons. The van der Waals surface area contributed by atoms with Gasteiger partial charge in [-0.05, 0) is 55.9 Å². The summed E-state index contributed by atoms with van der Waals surface area (Å²) in [6.45, 7) is 13.6. The van der Waals surface area contributed by atoms with Gasteiger partial charge in [0.25, 0.3) is 0 Å². The number of aliphatic hydroxyl groups is 1. The fraction of sp³-hybridized carbons (Fsp3) is 1.00. The zero-order valence-corrected chi connectivity index (χ0v) is 14.9. The lowest BCUT2D eigenvalue weighted by atomic mass is 9.79. The third-order valence-corrected chi connectivity index (χ3v) is 4.85. The van der Waals surface area contributed by atoms with Gasteiger partial charge in [-0.2, -0.15) is 0 Å². The molecule has 3 heteroatoms. The molecule has 0 bridgehead atoms. The summed E-state index contributed by atoms with van der Waals surface area (Å²) in [4.78, 5) is 0. The first kappa shape index (κ1) is 18.9. The standard InChI is InChI=1S/C18H38N2O/c1-14(2)15-6-8-16(9-7-15)20-17(13-21)12-19-11-10-18(3,4)5/h14-17,19-21H,6-13H2,1-5H3/t15?,16?,17-/m0/s1. The Labute approximate surface area is 132 Å². The SMILES string of the molecule is CC(C)C1CCC(N[C@H](CO)CNCCC(C)(C)C)CC1. The maximum absolute atomic E-state index is 9.55. The molecule has 3 N–H and O–H groups in total. The molecule has 3 nitrogen and oxygen atoms in total. The van der Waals surface area contributed by atoms with Gasteiger partial charge in [0.2, 0.25) is 0 Å². The number of nitrogens with one attached hydrogen (secondary N) is 2. The van der Waals surface area contributed by atoms with Crippen molar-refractivity contribution in [2.75, 3.05) is 19.7 Å². The second-order valence-corrected chi connectivity index (χ2v) is 8.42. The van der Waals surface area contributed by atoms with Crippen molar-refractivity contribution in [3.63, 3.8) is 0 Å². The van der Waals surface area contributed by atoms with E-state index in [0.29, 0.717) is 11.5 Å². The van der Waals surface area contributed by atoms with Crippen molar-refractivity contribution >= 4 is 0 Å². The van der Waals surface area contributed by atoms with Crippen LogP contribution >= 0.6 is 0 Å². The lowest BCUT2D eigenvalue weighted by Crippen LogP contribution is -2.48. The third kappa shape index (κ3) is 8.18. The zero-order chi connectivity index (χ0) is 15.9. The van der Waals surface area contributed by atoms with Crippen LogP contribution in [0.5, 0.6) is 0 Å². The summed E-state index contributed by atoms with van der Waals surface area (Å²) in [5.74, 6) is 1.72. The van der Waals surface area contributed by atoms with E-state index < -0.39 is 0 Å². The minimum atomic E-state index is 0.200. The van der Waals surface area contributed by atoms with Gasteiger partial charge in [0.05, 0.1) is 6.61 Å². The number of aliphatic hydroxyl groups excluding tert-OH is 1. The van der Waals surface area contributed by atoms with Gasteiger partial charge in [0, 0.05) is 18.6 Å². The molecule has 0 aliphatic heterocycles. The molecule has 0 radical (unpaired) electrons. The number of hydrogen-bond donors (Lipinski definition) is 3. The lowest BCUT2D eigenvalue weighted by Gasteiger charge is -2.33. The molecule has 0 aromatic rings. The molecule has 21 heavy (non-hydrogen) atoms. The van der Waals surface area contributed by atoms with Gasteiger partial charge in [-0.25, -0.2) is 0 Å². The second kappa shape index (κ2) is 9.12. The van der Waals surface area contributed by atoms with Crippen LogP contribution < -0.4 is 10.6 Å². The van der Waals surface area contributed by atoms with Crippen molar-refractivity contribution in [1.29, 1.82) is 0 Å². The molecule has 0 aromatic heterocycles. The minimum Gasteiger partial charge on any atom is -0.395 e. The average molecular weight is 299 g/mol. The van der Waals surface area contributed by atoms with Gasteiger partial charge in [-0.15, -0.1) is 0 Å². The summed E-state index contributed by atoms with van der Waals surface area (Å²) in [6, 6.07) is 0.798. The van der Waals surface area contributed by atoms with E-state index in [0.717, 1.165) is 24.9 Å². The van der Waals surface area contributed by atoms with E-state index in [1.54, 1.807) is 0 Å². The van der Waals surface area contributed by atoms with Crippen molar-refractivity contribution < 1.29 is 5.11 Å². The van der Waals surface area contributed by atoms with Gasteiger partial charge in [-0.1, -0.05) is 34.6 Å². The van der Waals surface area contributed by atoms with E-state index in [1.165, 1.54) is 32.1 Å². The molecule has 1 fully saturated rings. The summed E-state index contributed by atoms with van der Waals surface area (Å²) in [7, 11) is 0. The number of rotatable bonds is 8.